The van der Waals surface area contributed by atoms with Crippen molar-refractivity contribution >= 4 is 10.9 Å². The molecule has 0 saturated heterocycles. The molecule has 0 radical (unpaired) electrons. The van der Waals surface area contributed by atoms with E-state index in [1.807, 2.05) is 18.3 Å². The predicted molar refractivity (Wildman–Crippen MR) is 76.4 cm³/mol. The van der Waals surface area contributed by atoms with Crippen molar-refractivity contribution in [1.82, 2.24) is 15.5 Å². The van der Waals surface area contributed by atoms with Crippen LogP contribution in [0.1, 0.15) is 32.6 Å². The molecule has 2 atom stereocenters. The van der Waals surface area contributed by atoms with Crippen LogP contribution in [0.4, 0.5) is 0 Å². The van der Waals surface area contributed by atoms with Gasteiger partial charge in [0.05, 0.1) is 11.7 Å². The largest absolute Gasteiger partial charge is 0.490 e. The number of H-pyrrole nitrogens is 1. The predicted octanol–water partition coefficient (Wildman–Crippen LogP) is 2.86. The summed E-state index contributed by atoms with van der Waals surface area (Å²) >= 11 is 0. The van der Waals surface area contributed by atoms with Gasteiger partial charge in [-0.1, -0.05) is 6.92 Å². The Balaban J connectivity index is 1.66. The number of aromatic nitrogens is 2. The van der Waals surface area contributed by atoms with E-state index < -0.39 is 0 Å². The van der Waals surface area contributed by atoms with Gasteiger partial charge in [0, 0.05) is 11.4 Å². The number of ether oxygens (including phenoxy) is 1. The topological polar surface area (TPSA) is 49.9 Å². The van der Waals surface area contributed by atoms with Gasteiger partial charge in [0.2, 0.25) is 0 Å². The van der Waals surface area contributed by atoms with Gasteiger partial charge < -0.3 is 10.1 Å². The van der Waals surface area contributed by atoms with E-state index >= 15 is 0 Å². The molecule has 1 aliphatic rings. The highest BCUT2D eigenvalue weighted by Crippen LogP contribution is 2.25. The lowest BCUT2D eigenvalue weighted by Gasteiger charge is -2.30. The second-order valence-electron chi connectivity index (χ2n) is 5.28. The summed E-state index contributed by atoms with van der Waals surface area (Å²) in [6.07, 6.45) is 6.96. The van der Waals surface area contributed by atoms with Gasteiger partial charge in [-0.3, -0.25) is 5.10 Å². The summed E-state index contributed by atoms with van der Waals surface area (Å²) in [5.74, 6) is 0.955. The first-order chi connectivity index (χ1) is 9.35. The van der Waals surface area contributed by atoms with Crippen LogP contribution in [0.5, 0.6) is 5.75 Å². The maximum Gasteiger partial charge on any atom is 0.120 e. The molecule has 0 amide bonds. The fraction of sp³-hybridized carbons (Fsp3) is 0.533. The van der Waals surface area contributed by atoms with Gasteiger partial charge in [-0.05, 0) is 50.4 Å². The zero-order valence-corrected chi connectivity index (χ0v) is 11.4. The molecule has 0 spiro atoms. The maximum absolute atomic E-state index is 6.13. The number of hydrogen-bond acceptors (Lipinski definition) is 3. The number of nitrogens with one attached hydrogen (secondary N) is 2. The van der Waals surface area contributed by atoms with Crippen molar-refractivity contribution in [2.24, 2.45) is 0 Å². The monoisotopic (exact) mass is 259 g/mol. The number of nitrogens with zero attached hydrogens (tertiary/aromatic N) is 1. The van der Waals surface area contributed by atoms with E-state index in [1.165, 1.54) is 12.8 Å². The number of aromatic amines is 1. The Hall–Kier alpha value is -1.55. The lowest BCUT2D eigenvalue weighted by Crippen LogP contribution is -2.37. The minimum absolute atomic E-state index is 0.335. The van der Waals surface area contributed by atoms with Gasteiger partial charge in [0.15, 0.2) is 0 Å². The van der Waals surface area contributed by atoms with Crippen LogP contribution >= 0.6 is 0 Å². The SMILES string of the molecule is CCNC1CCCC(Oc2ccc3[nH]ncc3c2)C1. The molecule has 4 heteroatoms. The molecule has 2 unspecified atom stereocenters. The van der Waals surface area contributed by atoms with Crippen LogP contribution in [0.15, 0.2) is 24.4 Å². The van der Waals surface area contributed by atoms with Crippen LogP contribution in [0.2, 0.25) is 0 Å². The summed E-state index contributed by atoms with van der Waals surface area (Å²) in [5, 5.41) is 11.6. The van der Waals surface area contributed by atoms with E-state index in [2.05, 4.69) is 28.5 Å². The molecule has 1 fully saturated rings. The molecular weight excluding hydrogens is 238 g/mol. The standard InChI is InChI=1S/C15H21N3O/c1-2-16-12-4-3-5-13(9-12)19-14-6-7-15-11(8-14)10-17-18-15/h6-8,10,12-13,16H,2-5,9H2,1H3,(H,17,18). The minimum Gasteiger partial charge on any atom is -0.490 e. The zero-order valence-electron chi connectivity index (χ0n) is 11.4. The highest BCUT2D eigenvalue weighted by Gasteiger charge is 2.22. The Bertz CT molecular complexity index is 535. The van der Waals surface area contributed by atoms with Gasteiger partial charge in [0.25, 0.3) is 0 Å². The highest BCUT2D eigenvalue weighted by molar-refractivity contribution is 5.79. The van der Waals surface area contributed by atoms with E-state index in [1.54, 1.807) is 0 Å². The summed E-state index contributed by atoms with van der Waals surface area (Å²) < 4.78 is 6.13. The molecule has 102 valence electrons. The third kappa shape index (κ3) is 2.89. The summed E-state index contributed by atoms with van der Waals surface area (Å²) in [7, 11) is 0. The molecule has 2 aromatic rings. The number of benzene rings is 1. The van der Waals surface area contributed by atoms with E-state index in [-0.39, 0.29) is 0 Å². The van der Waals surface area contributed by atoms with Crippen molar-refractivity contribution in [3.8, 4) is 5.75 Å². The molecule has 3 rings (SSSR count). The van der Waals surface area contributed by atoms with Gasteiger partial charge in [-0.25, -0.2) is 0 Å². The molecule has 1 heterocycles. The second-order valence-corrected chi connectivity index (χ2v) is 5.28. The van der Waals surface area contributed by atoms with Crippen LogP contribution in [0.3, 0.4) is 0 Å². The first-order valence-corrected chi connectivity index (χ1v) is 7.18. The van der Waals surface area contributed by atoms with Crippen LogP contribution in [-0.2, 0) is 0 Å². The second kappa shape index (κ2) is 5.61. The fourth-order valence-corrected chi connectivity index (χ4v) is 2.91. The van der Waals surface area contributed by atoms with Gasteiger partial charge in [0.1, 0.15) is 11.9 Å². The third-order valence-electron chi connectivity index (χ3n) is 3.83. The molecule has 1 saturated carbocycles. The minimum atomic E-state index is 0.335. The Morgan fingerprint density at radius 2 is 2.37 bits per heavy atom. The quantitative estimate of drug-likeness (QED) is 0.887. The molecule has 4 nitrogen and oxygen atoms in total. The summed E-state index contributed by atoms with van der Waals surface area (Å²) in [5.41, 5.74) is 1.06. The number of fused-ring (bicyclic) bond motifs is 1. The van der Waals surface area contributed by atoms with Crippen molar-refractivity contribution in [2.75, 3.05) is 6.54 Å². The first kappa shape index (κ1) is 12.5. The molecule has 0 bridgehead atoms. The average molecular weight is 259 g/mol. The van der Waals surface area contributed by atoms with E-state index in [9.17, 15) is 0 Å². The molecule has 1 aliphatic carbocycles. The van der Waals surface area contributed by atoms with Crippen LogP contribution < -0.4 is 10.1 Å². The van der Waals surface area contributed by atoms with E-state index in [0.717, 1.165) is 36.0 Å². The lowest BCUT2D eigenvalue weighted by atomic mass is 9.93. The molecule has 2 N–H and O–H groups in total. The van der Waals surface area contributed by atoms with Crippen molar-refractivity contribution < 1.29 is 4.74 Å². The van der Waals surface area contributed by atoms with Crippen molar-refractivity contribution in [3.63, 3.8) is 0 Å². The van der Waals surface area contributed by atoms with Gasteiger partial charge in [-0.15, -0.1) is 0 Å². The molecule has 0 aliphatic heterocycles. The Morgan fingerprint density at radius 3 is 3.26 bits per heavy atom. The van der Waals surface area contributed by atoms with E-state index in [4.69, 9.17) is 4.74 Å². The molecule has 19 heavy (non-hydrogen) atoms. The van der Waals surface area contributed by atoms with Crippen LogP contribution in [0.25, 0.3) is 10.9 Å². The number of hydrogen-bond donors (Lipinski definition) is 2. The zero-order chi connectivity index (χ0) is 13.1. The first-order valence-electron chi connectivity index (χ1n) is 7.18. The van der Waals surface area contributed by atoms with Gasteiger partial charge in [-0.2, -0.15) is 5.10 Å². The molecule has 1 aromatic carbocycles. The van der Waals surface area contributed by atoms with E-state index in [0.29, 0.717) is 12.1 Å². The van der Waals surface area contributed by atoms with Crippen molar-refractivity contribution in [3.05, 3.63) is 24.4 Å². The average Bonchev–Trinajstić information content (AvgIpc) is 2.87. The lowest BCUT2D eigenvalue weighted by molar-refractivity contribution is 0.135. The Kier molecular flexibility index (Phi) is 3.69. The summed E-state index contributed by atoms with van der Waals surface area (Å²) in [6, 6.07) is 6.73. The molecular formula is C15H21N3O. The smallest absolute Gasteiger partial charge is 0.120 e. The Morgan fingerprint density at radius 1 is 1.42 bits per heavy atom. The third-order valence-corrected chi connectivity index (χ3v) is 3.83. The fourth-order valence-electron chi connectivity index (χ4n) is 2.91. The van der Waals surface area contributed by atoms with Gasteiger partial charge >= 0.3 is 0 Å². The normalized spacial score (nSPS) is 23.6. The number of rotatable bonds is 4. The summed E-state index contributed by atoms with van der Waals surface area (Å²) in [6.45, 7) is 3.20. The maximum atomic E-state index is 6.13. The Labute approximate surface area is 113 Å². The van der Waals surface area contributed by atoms with Crippen LogP contribution in [-0.4, -0.2) is 28.9 Å². The van der Waals surface area contributed by atoms with Crippen molar-refractivity contribution in [1.29, 1.82) is 0 Å². The van der Waals surface area contributed by atoms with Crippen molar-refractivity contribution in [2.45, 2.75) is 44.8 Å². The van der Waals surface area contributed by atoms with Crippen LogP contribution in [0, 0.1) is 0 Å². The highest BCUT2D eigenvalue weighted by atomic mass is 16.5. The molecule has 1 aromatic heterocycles. The summed E-state index contributed by atoms with van der Waals surface area (Å²) in [4.78, 5) is 0.